The fourth-order valence-corrected chi connectivity index (χ4v) is 2.12. The van der Waals surface area contributed by atoms with Gasteiger partial charge in [0.05, 0.1) is 12.9 Å². The van der Waals surface area contributed by atoms with Gasteiger partial charge in [-0.05, 0) is 17.7 Å². The van der Waals surface area contributed by atoms with Gasteiger partial charge >= 0.3 is 0 Å². The summed E-state index contributed by atoms with van der Waals surface area (Å²) in [5, 5.41) is 9.62. The Labute approximate surface area is 120 Å². The fraction of sp³-hybridized carbons (Fsp3) is 0.250. The van der Waals surface area contributed by atoms with Gasteiger partial charge in [0.1, 0.15) is 5.75 Å². The molecule has 1 aromatic carbocycles. The van der Waals surface area contributed by atoms with Crippen molar-refractivity contribution < 1.29 is 9.53 Å². The van der Waals surface area contributed by atoms with E-state index in [0.717, 1.165) is 11.3 Å². The zero-order valence-electron chi connectivity index (χ0n) is 10.9. The Morgan fingerprint density at radius 3 is 3.10 bits per heavy atom. The van der Waals surface area contributed by atoms with E-state index < -0.39 is 0 Å². The van der Waals surface area contributed by atoms with Crippen LogP contribution >= 0.6 is 11.8 Å². The van der Waals surface area contributed by atoms with Crippen LogP contribution in [0.5, 0.6) is 5.75 Å². The second-order valence-electron chi connectivity index (χ2n) is 3.92. The van der Waals surface area contributed by atoms with E-state index in [1.54, 1.807) is 7.11 Å². The Balaban J connectivity index is 1.77. The van der Waals surface area contributed by atoms with Gasteiger partial charge in [-0.15, -0.1) is 5.10 Å². The molecule has 20 heavy (non-hydrogen) atoms. The Bertz CT molecular complexity index is 587. The minimum Gasteiger partial charge on any atom is -0.497 e. The number of nitrogen functional groups attached to an aromatic ring is 1. The quantitative estimate of drug-likeness (QED) is 0.680. The molecule has 0 saturated carbocycles. The molecular formula is C12H15N5O2S. The van der Waals surface area contributed by atoms with Crippen LogP contribution in [0.15, 0.2) is 29.4 Å². The summed E-state index contributed by atoms with van der Waals surface area (Å²) < 4.78 is 5.12. The number of benzene rings is 1. The third-order valence-electron chi connectivity index (χ3n) is 2.44. The van der Waals surface area contributed by atoms with Gasteiger partial charge in [0.2, 0.25) is 17.0 Å². The number of anilines is 1. The summed E-state index contributed by atoms with van der Waals surface area (Å²) in [6, 6.07) is 7.54. The highest BCUT2D eigenvalue weighted by molar-refractivity contribution is 7.99. The maximum absolute atomic E-state index is 11.7. The number of ether oxygens (including phenoxy) is 1. The first-order valence-corrected chi connectivity index (χ1v) is 6.86. The fourth-order valence-electron chi connectivity index (χ4n) is 1.49. The van der Waals surface area contributed by atoms with Gasteiger partial charge in [0.25, 0.3) is 0 Å². The molecule has 7 nitrogen and oxygen atoms in total. The number of amides is 1. The van der Waals surface area contributed by atoms with Crippen molar-refractivity contribution in [3.05, 3.63) is 29.8 Å². The third kappa shape index (κ3) is 4.16. The van der Waals surface area contributed by atoms with Crippen LogP contribution < -0.4 is 15.8 Å². The normalized spacial score (nSPS) is 10.2. The molecule has 1 heterocycles. The second-order valence-corrected chi connectivity index (χ2v) is 4.86. The van der Waals surface area contributed by atoms with Crippen LogP contribution in [0.3, 0.4) is 0 Å². The predicted octanol–water partition coefficient (Wildman–Crippen LogP) is 0.804. The van der Waals surface area contributed by atoms with Gasteiger partial charge in [-0.1, -0.05) is 23.9 Å². The molecule has 106 valence electrons. The van der Waals surface area contributed by atoms with Crippen molar-refractivity contribution in [3.63, 3.8) is 0 Å². The number of carbonyl (C=O) groups is 1. The van der Waals surface area contributed by atoms with Crippen molar-refractivity contribution >= 4 is 23.6 Å². The highest BCUT2D eigenvalue weighted by Crippen LogP contribution is 2.13. The van der Waals surface area contributed by atoms with E-state index in [1.165, 1.54) is 11.8 Å². The molecule has 0 aliphatic heterocycles. The first-order chi connectivity index (χ1) is 9.67. The molecule has 0 fully saturated rings. The number of hydrogen-bond donors (Lipinski definition) is 3. The number of rotatable bonds is 6. The number of aromatic nitrogens is 3. The van der Waals surface area contributed by atoms with Gasteiger partial charge in [-0.2, -0.15) is 4.98 Å². The van der Waals surface area contributed by atoms with Crippen molar-refractivity contribution in [1.29, 1.82) is 0 Å². The minimum absolute atomic E-state index is 0.0961. The number of nitrogens with zero attached hydrogens (tertiary/aromatic N) is 2. The highest BCUT2D eigenvalue weighted by atomic mass is 32.2. The summed E-state index contributed by atoms with van der Waals surface area (Å²) in [5.41, 5.74) is 6.37. The topological polar surface area (TPSA) is 106 Å². The van der Waals surface area contributed by atoms with Crippen LogP contribution in [-0.2, 0) is 11.3 Å². The van der Waals surface area contributed by atoms with Crippen LogP contribution in [0.2, 0.25) is 0 Å². The maximum Gasteiger partial charge on any atom is 0.230 e. The largest absolute Gasteiger partial charge is 0.497 e. The van der Waals surface area contributed by atoms with Crippen LogP contribution in [-0.4, -0.2) is 34.0 Å². The minimum atomic E-state index is -0.0961. The summed E-state index contributed by atoms with van der Waals surface area (Å²) in [6.45, 7) is 0.451. The number of methoxy groups -OCH3 is 1. The van der Waals surface area contributed by atoms with Gasteiger partial charge in [0, 0.05) is 6.54 Å². The van der Waals surface area contributed by atoms with Gasteiger partial charge in [0.15, 0.2) is 0 Å². The zero-order valence-corrected chi connectivity index (χ0v) is 11.7. The maximum atomic E-state index is 11.7. The molecule has 0 saturated heterocycles. The first kappa shape index (κ1) is 14.2. The van der Waals surface area contributed by atoms with E-state index in [1.807, 2.05) is 24.3 Å². The zero-order chi connectivity index (χ0) is 14.4. The monoisotopic (exact) mass is 293 g/mol. The number of H-pyrrole nitrogens is 1. The number of hydrogen-bond acceptors (Lipinski definition) is 6. The molecule has 0 radical (unpaired) electrons. The average molecular weight is 293 g/mol. The van der Waals surface area contributed by atoms with Crippen LogP contribution in [0.1, 0.15) is 5.56 Å². The number of thioether (sulfide) groups is 1. The lowest BCUT2D eigenvalue weighted by Crippen LogP contribution is -2.24. The van der Waals surface area contributed by atoms with Crippen LogP contribution in [0.25, 0.3) is 0 Å². The van der Waals surface area contributed by atoms with Crippen LogP contribution in [0.4, 0.5) is 5.95 Å². The lowest BCUT2D eigenvalue weighted by atomic mass is 10.2. The summed E-state index contributed by atoms with van der Waals surface area (Å²) in [6.07, 6.45) is 0. The Kier molecular flexibility index (Phi) is 4.83. The molecular weight excluding hydrogens is 278 g/mol. The summed E-state index contributed by atoms with van der Waals surface area (Å²) in [5.74, 6) is 1.15. The van der Waals surface area contributed by atoms with Crippen molar-refractivity contribution in [1.82, 2.24) is 20.5 Å². The van der Waals surface area contributed by atoms with Gasteiger partial charge in [-0.25, -0.2) is 5.10 Å². The Morgan fingerprint density at radius 1 is 1.55 bits per heavy atom. The standard InChI is InChI=1S/C12H15N5O2S/c1-19-9-4-2-3-8(5-9)6-14-10(18)7-20-12-15-11(13)16-17-12/h2-5H,6-7H2,1H3,(H,14,18)(H3,13,15,16,17). The van der Waals surface area contributed by atoms with Gasteiger partial charge in [-0.3, -0.25) is 4.79 Å². The summed E-state index contributed by atoms with van der Waals surface area (Å²) in [7, 11) is 1.61. The molecule has 1 aromatic heterocycles. The molecule has 4 N–H and O–H groups in total. The molecule has 1 amide bonds. The number of carbonyl (C=O) groups excluding carboxylic acids is 1. The third-order valence-corrected chi connectivity index (χ3v) is 3.29. The number of nitrogens with one attached hydrogen (secondary N) is 2. The predicted molar refractivity (Wildman–Crippen MR) is 76.4 cm³/mol. The lowest BCUT2D eigenvalue weighted by molar-refractivity contribution is -0.118. The SMILES string of the molecule is COc1cccc(CNC(=O)CSc2n[nH]c(N)n2)c1. The molecule has 2 aromatic rings. The van der Waals surface area contributed by atoms with E-state index in [4.69, 9.17) is 10.5 Å². The van der Waals surface area contributed by atoms with Crippen LogP contribution in [0, 0.1) is 0 Å². The van der Waals surface area contributed by atoms with E-state index in [-0.39, 0.29) is 17.6 Å². The molecule has 0 bridgehead atoms. The summed E-state index contributed by atoms with van der Waals surface area (Å²) >= 11 is 1.22. The lowest BCUT2D eigenvalue weighted by Gasteiger charge is -2.06. The molecule has 0 aliphatic rings. The van der Waals surface area contributed by atoms with Crippen molar-refractivity contribution in [3.8, 4) is 5.75 Å². The first-order valence-electron chi connectivity index (χ1n) is 5.87. The smallest absolute Gasteiger partial charge is 0.230 e. The molecule has 2 rings (SSSR count). The summed E-state index contributed by atoms with van der Waals surface area (Å²) in [4.78, 5) is 15.6. The molecule has 0 aliphatic carbocycles. The van der Waals surface area contributed by atoms with Crippen molar-refractivity contribution in [2.75, 3.05) is 18.6 Å². The number of nitrogens with two attached hydrogens (primary N) is 1. The average Bonchev–Trinajstić information content (AvgIpc) is 2.89. The van der Waals surface area contributed by atoms with E-state index in [2.05, 4.69) is 20.5 Å². The van der Waals surface area contributed by atoms with Crippen molar-refractivity contribution in [2.24, 2.45) is 0 Å². The molecule has 0 unspecified atom stereocenters. The number of aromatic amines is 1. The second kappa shape index (κ2) is 6.80. The van der Waals surface area contributed by atoms with Gasteiger partial charge < -0.3 is 15.8 Å². The molecule has 0 atom stereocenters. The Morgan fingerprint density at radius 2 is 2.40 bits per heavy atom. The molecule has 0 spiro atoms. The van der Waals surface area contributed by atoms with E-state index >= 15 is 0 Å². The Hall–Kier alpha value is -2.22. The highest BCUT2D eigenvalue weighted by Gasteiger charge is 2.06. The van der Waals surface area contributed by atoms with Crippen molar-refractivity contribution in [2.45, 2.75) is 11.7 Å². The molecule has 8 heteroatoms. The van der Waals surface area contributed by atoms with E-state index in [0.29, 0.717) is 11.7 Å². The van der Waals surface area contributed by atoms with E-state index in [9.17, 15) is 4.79 Å².